The number of carbonyl (C=O) groups is 1. The number of hydrogen-bond acceptors (Lipinski definition) is 3. The van der Waals surface area contributed by atoms with E-state index in [1.165, 1.54) is 18.4 Å². The van der Waals surface area contributed by atoms with E-state index >= 15 is 0 Å². The lowest BCUT2D eigenvalue weighted by Crippen LogP contribution is -2.34. The van der Waals surface area contributed by atoms with Crippen molar-refractivity contribution in [1.82, 2.24) is 5.32 Å². The van der Waals surface area contributed by atoms with Crippen LogP contribution in [0.2, 0.25) is 0 Å². The highest BCUT2D eigenvalue weighted by atomic mass is 16.5. The lowest BCUT2D eigenvalue weighted by molar-refractivity contribution is -0.122. The second-order valence-corrected chi connectivity index (χ2v) is 5.63. The van der Waals surface area contributed by atoms with E-state index in [2.05, 4.69) is 23.6 Å². The standard InChI is InChI=1S/C15H20N2O2/c1-9(16-12-4-5-12)7-11-3-6-14-13(8-11)17-15(18)10(2)19-14/h3,6,8-10,12,16H,4-5,7H2,1-2H3,(H,17,18). The van der Waals surface area contributed by atoms with Crippen LogP contribution in [0.4, 0.5) is 5.69 Å². The zero-order valence-electron chi connectivity index (χ0n) is 11.4. The van der Waals surface area contributed by atoms with Crippen molar-refractivity contribution in [3.05, 3.63) is 23.8 Å². The molecule has 2 unspecified atom stereocenters. The Morgan fingerprint density at radius 2 is 2.26 bits per heavy atom. The fraction of sp³-hybridized carbons (Fsp3) is 0.533. The minimum atomic E-state index is -0.409. The largest absolute Gasteiger partial charge is 0.479 e. The normalized spacial score (nSPS) is 23.3. The highest BCUT2D eigenvalue weighted by molar-refractivity contribution is 5.97. The first-order chi connectivity index (χ1) is 9.11. The number of nitrogens with one attached hydrogen (secondary N) is 2. The Morgan fingerprint density at radius 3 is 3.00 bits per heavy atom. The molecule has 1 fully saturated rings. The van der Waals surface area contributed by atoms with E-state index < -0.39 is 6.10 Å². The van der Waals surface area contributed by atoms with Crippen LogP contribution in [0.3, 0.4) is 0 Å². The summed E-state index contributed by atoms with van der Waals surface area (Å²) in [6, 6.07) is 7.23. The molecule has 2 N–H and O–H groups in total. The molecule has 1 aliphatic heterocycles. The average Bonchev–Trinajstić information content (AvgIpc) is 3.15. The topological polar surface area (TPSA) is 50.4 Å². The molecule has 0 aromatic heterocycles. The van der Waals surface area contributed by atoms with Gasteiger partial charge in [0.1, 0.15) is 5.75 Å². The van der Waals surface area contributed by atoms with Gasteiger partial charge < -0.3 is 15.4 Å². The molecule has 0 bridgehead atoms. The zero-order valence-corrected chi connectivity index (χ0v) is 11.4. The molecule has 1 aromatic rings. The lowest BCUT2D eigenvalue weighted by atomic mass is 10.0. The van der Waals surface area contributed by atoms with Gasteiger partial charge in [-0.1, -0.05) is 6.07 Å². The number of fused-ring (bicyclic) bond motifs is 1. The number of amides is 1. The summed E-state index contributed by atoms with van der Waals surface area (Å²) in [5, 5.41) is 6.47. The maximum atomic E-state index is 11.6. The third kappa shape index (κ3) is 2.89. The molecule has 3 rings (SSSR count). The second-order valence-electron chi connectivity index (χ2n) is 5.63. The number of hydrogen-bond donors (Lipinski definition) is 2. The predicted octanol–water partition coefficient (Wildman–Crippen LogP) is 2.09. The summed E-state index contributed by atoms with van der Waals surface area (Å²) in [5.41, 5.74) is 2.01. The van der Waals surface area contributed by atoms with Crippen molar-refractivity contribution in [1.29, 1.82) is 0 Å². The minimum Gasteiger partial charge on any atom is -0.479 e. The molecule has 4 nitrogen and oxygen atoms in total. The Labute approximate surface area is 113 Å². The summed E-state index contributed by atoms with van der Waals surface area (Å²) < 4.78 is 5.55. The van der Waals surface area contributed by atoms with Gasteiger partial charge in [0.15, 0.2) is 6.10 Å². The first-order valence-corrected chi connectivity index (χ1v) is 6.98. The summed E-state index contributed by atoms with van der Waals surface area (Å²) >= 11 is 0. The third-order valence-electron chi connectivity index (χ3n) is 3.61. The zero-order chi connectivity index (χ0) is 13.4. The van der Waals surface area contributed by atoms with Gasteiger partial charge in [-0.15, -0.1) is 0 Å². The molecule has 1 amide bonds. The quantitative estimate of drug-likeness (QED) is 0.871. The summed E-state index contributed by atoms with van der Waals surface area (Å²) in [6.45, 7) is 3.96. The maximum absolute atomic E-state index is 11.6. The van der Waals surface area contributed by atoms with Crippen LogP contribution in [0.1, 0.15) is 32.3 Å². The molecule has 4 heteroatoms. The monoisotopic (exact) mass is 260 g/mol. The predicted molar refractivity (Wildman–Crippen MR) is 74.5 cm³/mol. The molecule has 102 valence electrons. The van der Waals surface area contributed by atoms with Gasteiger partial charge in [0, 0.05) is 12.1 Å². The van der Waals surface area contributed by atoms with Crippen molar-refractivity contribution in [3.63, 3.8) is 0 Å². The molecule has 1 aliphatic carbocycles. The fourth-order valence-corrected chi connectivity index (χ4v) is 2.45. The lowest BCUT2D eigenvalue weighted by Gasteiger charge is -2.24. The van der Waals surface area contributed by atoms with Crippen molar-refractivity contribution in [2.75, 3.05) is 5.32 Å². The van der Waals surface area contributed by atoms with Gasteiger partial charge in [-0.05, 0) is 50.8 Å². The van der Waals surface area contributed by atoms with Gasteiger partial charge in [0.2, 0.25) is 0 Å². The molecular formula is C15H20N2O2. The van der Waals surface area contributed by atoms with Gasteiger partial charge in [-0.25, -0.2) is 0 Å². The van der Waals surface area contributed by atoms with E-state index in [9.17, 15) is 4.79 Å². The Hall–Kier alpha value is -1.55. The molecular weight excluding hydrogens is 240 g/mol. The highest BCUT2D eigenvalue weighted by Crippen LogP contribution is 2.31. The van der Waals surface area contributed by atoms with Crippen molar-refractivity contribution >= 4 is 11.6 Å². The number of benzene rings is 1. The molecule has 2 aliphatic rings. The summed E-state index contributed by atoms with van der Waals surface area (Å²) in [6.07, 6.45) is 3.16. The van der Waals surface area contributed by atoms with Crippen LogP contribution in [-0.4, -0.2) is 24.1 Å². The van der Waals surface area contributed by atoms with Gasteiger partial charge in [-0.2, -0.15) is 0 Å². The van der Waals surface area contributed by atoms with Crippen molar-refractivity contribution in [2.45, 2.75) is 51.3 Å². The molecule has 0 saturated heterocycles. The van der Waals surface area contributed by atoms with E-state index in [-0.39, 0.29) is 5.91 Å². The van der Waals surface area contributed by atoms with Crippen LogP contribution in [0.25, 0.3) is 0 Å². The van der Waals surface area contributed by atoms with Crippen LogP contribution in [0, 0.1) is 0 Å². The van der Waals surface area contributed by atoms with Crippen LogP contribution in [0.5, 0.6) is 5.75 Å². The fourth-order valence-electron chi connectivity index (χ4n) is 2.45. The van der Waals surface area contributed by atoms with Crippen LogP contribution in [-0.2, 0) is 11.2 Å². The van der Waals surface area contributed by atoms with E-state index in [4.69, 9.17) is 4.74 Å². The SMILES string of the molecule is CC(Cc1ccc2c(c1)NC(=O)C(C)O2)NC1CC1. The third-order valence-corrected chi connectivity index (χ3v) is 3.61. The van der Waals surface area contributed by atoms with Gasteiger partial charge in [-0.3, -0.25) is 4.79 Å². The van der Waals surface area contributed by atoms with Crippen molar-refractivity contribution in [3.8, 4) is 5.75 Å². The second kappa shape index (κ2) is 4.85. The first-order valence-electron chi connectivity index (χ1n) is 6.98. The molecule has 0 radical (unpaired) electrons. The van der Waals surface area contributed by atoms with Crippen molar-refractivity contribution in [2.24, 2.45) is 0 Å². The molecule has 19 heavy (non-hydrogen) atoms. The summed E-state index contributed by atoms with van der Waals surface area (Å²) in [5.74, 6) is 0.687. The van der Waals surface area contributed by atoms with Crippen molar-refractivity contribution < 1.29 is 9.53 Å². The smallest absolute Gasteiger partial charge is 0.265 e. The Balaban J connectivity index is 1.70. The Bertz CT molecular complexity index is 497. The molecule has 0 spiro atoms. The van der Waals surface area contributed by atoms with Crippen LogP contribution >= 0.6 is 0 Å². The molecule has 2 atom stereocenters. The molecule has 1 heterocycles. The Kier molecular flexibility index (Phi) is 3.19. The minimum absolute atomic E-state index is 0.0752. The maximum Gasteiger partial charge on any atom is 0.265 e. The number of rotatable bonds is 4. The number of carbonyl (C=O) groups excluding carboxylic acids is 1. The molecule has 1 aromatic carbocycles. The first kappa shape index (κ1) is 12.5. The van der Waals surface area contributed by atoms with Gasteiger partial charge in [0.25, 0.3) is 5.91 Å². The van der Waals surface area contributed by atoms with E-state index in [1.807, 2.05) is 12.1 Å². The van der Waals surface area contributed by atoms with E-state index in [1.54, 1.807) is 6.92 Å². The van der Waals surface area contributed by atoms with Gasteiger partial charge >= 0.3 is 0 Å². The summed E-state index contributed by atoms with van der Waals surface area (Å²) in [4.78, 5) is 11.6. The van der Waals surface area contributed by atoms with E-state index in [0.29, 0.717) is 6.04 Å². The van der Waals surface area contributed by atoms with E-state index in [0.717, 1.165) is 23.9 Å². The van der Waals surface area contributed by atoms with Crippen LogP contribution in [0.15, 0.2) is 18.2 Å². The number of anilines is 1. The number of ether oxygens (including phenoxy) is 1. The van der Waals surface area contributed by atoms with Gasteiger partial charge in [0.05, 0.1) is 5.69 Å². The average molecular weight is 260 g/mol. The summed E-state index contributed by atoms with van der Waals surface area (Å²) in [7, 11) is 0. The molecule has 1 saturated carbocycles. The van der Waals surface area contributed by atoms with Crippen LogP contribution < -0.4 is 15.4 Å². The Morgan fingerprint density at radius 1 is 1.47 bits per heavy atom. The highest BCUT2D eigenvalue weighted by Gasteiger charge is 2.25.